The second kappa shape index (κ2) is 9.28. The van der Waals surface area contributed by atoms with E-state index in [1.54, 1.807) is 17.1 Å². The molecule has 1 aliphatic carbocycles. The number of nitrogens with one attached hydrogen (secondary N) is 1. The fraction of sp³-hybridized carbons (Fsp3) is 0.222. The first-order valence-electron chi connectivity index (χ1n) is 11.2. The minimum atomic E-state index is -0.247. The smallest absolute Gasteiger partial charge is 0.258 e. The monoisotopic (exact) mass is 438 g/mol. The van der Waals surface area contributed by atoms with E-state index < -0.39 is 0 Å². The normalized spacial score (nSPS) is 12.4. The van der Waals surface area contributed by atoms with Gasteiger partial charge in [-0.1, -0.05) is 42.5 Å². The van der Waals surface area contributed by atoms with Crippen LogP contribution in [0.15, 0.2) is 73.1 Å². The molecule has 4 aromatic rings. The number of aromatic nitrogens is 3. The molecule has 3 aromatic carbocycles. The first-order chi connectivity index (χ1) is 16.1. The Morgan fingerprint density at radius 1 is 1.03 bits per heavy atom. The zero-order valence-corrected chi connectivity index (χ0v) is 18.6. The molecule has 166 valence electrons. The lowest BCUT2D eigenvalue weighted by Crippen LogP contribution is -2.14. The fourth-order valence-electron chi connectivity index (χ4n) is 4.17. The summed E-state index contributed by atoms with van der Waals surface area (Å²) >= 11 is 0. The molecule has 0 atom stereocenters. The van der Waals surface area contributed by atoms with Gasteiger partial charge in [-0.2, -0.15) is 0 Å². The summed E-state index contributed by atoms with van der Waals surface area (Å²) in [5.74, 6) is 0.908. The molecular formula is C27H26N4O2. The summed E-state index contributed by atoms with van der Waals surface area (Å²) in [5, 5.41) is 7.17. The maximum atomic E-state index is 12.7. The minimum Gasteiger partial charge on any atom is -0.489 e. The van der Waals surface area contributed by atoms with Crippen molar-refractivity contribution in [3.63, 3.8) is 0 Å². The third-order valence-electron chi connectivity index (χ3n) is 6.02. The van der Waals surface area contributed by atoms with Gasteiger partial charge in [0.15, 0.2) is 0 Å². The molecule has 1 aromatic heterocycles. The standard InChI is InChI=1S/C27H26N4O2/c1-19-6-2-3-8-24(19)16-31-18-28-27(30-31)29-26(32)23-11-4-7-20(14-23)17-33-25-13-12-21-9-5-10-22(21)15-25/h2-4,6-8,11-15,18H,5,9-10,16-17H2,1H3,(H,29,30,32). The molecule has 0 radical (unpaired) electrons. The van der Waals surface area contributed by atoms with E-state index in [4.69, 9.17) is 4.74 Å². The number of nitrogens with zero attached hydrogens (tertiary/aromatic N) is 3. The van der Waals surface area contributed by atoms with Crippen LogP contribution < -0.4 is 10.1 Å². The Balaban J connectivity index is 1.20. The summed E-state index contributed by atoms with van der Waals surface area (Å²) in [4.78, 5) is 17.0. The predicted octanol–water partition coefficient (Wildman–Crippen LogP) is 4.95. The van der Waals surface area contributed by atoms with E-state index in [0.717, 1.165) is 29.7 Å². The van der Waals surface area contributed by atoms with Gasteiger partial charge in [-0.15, -0.1) is 5.10 Å². The van der Waals surface area contributed by atoms with E-state index in [9.17, 15) is 4.79 Å². The maximum absolute atomic E-state index is 12.7. The molecular weight excluding hydrogens is 412 g/mol. The zero-order valence-electron chi connectivity index (χ0n) is 18.6. The van der Waals surface area contributed by atoms with Gasteiger partial charge in [-0.05, 0) is 78.3 Å². The molecule has 0 spiro atoms. The molecule has 1 aliphatic rings. The third-order valence-corrected chi connectivity index (χ3v) is 6.02. The van der Waals surface area contributed by atoms with Crippen LogP contribution in [0, 0.1) is 6.92 Å². The number of hydrogen-bond acceptors (Lipinski definition) is 4. The lowest BCUT2D eigenvalue weighted by atomic mass is 10.1. The highest BCUT2D eigenvalue weighted by atomic mass is 16.5. The topological polar surface area (TPSA) is 69.0 Å². The van der Waals surface area contributed by atoms with E-state index in [-0.39, 0.29) is 11.9 Å². The lowest BCUT2D eigenvalue weighted by molar-refractivity contribution is 0.102. The largest absolute Gasteiger partial charge is 0.489 e. The van der Waals surface area contributed by atoms with Gasteiger partial charge in [-0.25, -0.2) is 9.67 Å². The van der Waals surface area contributed by atoms with Crippen molar-refractivity contribution in [1.82, 2.24) is 14.8 Å². The number of aryl methyl sites for hydroxylation is 3. The summed E-state index contributed by atoms with van der Waals surface area (Å²) in [6, 6.07) is 21.9. The van der Waals surface area contributed by atoms with Crippen molar-refractivity contribution in [3.05, 3.63) is 106 Å². The van der Waals surface area contributed by atoms with Crippen LogP contribution in [0.2, 0.25) is 0 Å². The zero-order chi connectivity index (χ0) is 22.6. The Hall–Kier alpha value is -3.93. The molecule has 5 rings (SSSR count). The molecule has 0 fully saturated rings. The Bertz CT molecular complexity index is 1290. The van der Waals surface area contributed by atoms with E-state index in [2.05, 4.69) is 46.6 Å². The average Bonchev–Trinajstić information content (AvgIpc) is 3.48. The molecule has 6 heteroatoms. The Morgan fingerprint density at radius 3 is 2.82 bits per heavy atom. The molecule has 33 heavy (non-hydrogen) atoms. The number of rotatable bonds is 7. The summed E-state index contributed by atoms with van der Waals surface area (Å²) in [7, 11) is 0. The predicted molar refractivity (Wildman–Crippen MR) is 127 cm³/mol. The number of fused-ring (bicyclic) bond motifs is 1. The van der Waals surface area contributed by atoms with E-state index in [1.807, 2.05) is 36.4 Å². The van der Waals surface area contributed by atoms with E-state index >= 15 is 0 Å². The van der Waals surface area contributed by atoms with Crippen LogP contribution in [0.4, 0.5) is 5.95 Å². The van der Waals surface area contributed by atoms with Crippen LogP contribution >= 0.6 is 0 Å². The van der Waals surface area contributed by atoms with E-state index in [1.165, 1.54) is 23.1 Å². The first kappa shape index (κ1) is 20.9. The van der Waals surface area contributed by atoms with Gasteiger partial charge in [0, 0.05) is 5.56 Å². The average molecular weight is 439 g/mol. The number of carbonyl (C=O) groups excluding carboxylic acids is 1. The second-order valence-corrected chi connectivity index (χ2v) is 8.42. The van der Waals surface area contributed by atoms with Crippen molar-refractivity contribution < 1.29 is 9.53 Å². The van der Waals surface area contributed by atoms with Gasteiger partial charge in [0.2, 0.25) is 5.95 Å². The van der Waals surface area contributed by atoms with Crippen LogP contribution in [0.1, 0.15) is 44.6 Å². The number of ether oxygens (including phenoxy) is 1. The molecule has 0 unspecified atom stereocenters. The van der Waals surface area contributed by atoms with Gasteiger partial charge < -0.3 is 4.74 Å². The Kier molecular flexibility index (Phi) is 5.89. The molecule has 6 nitrogen and oxygen atoms in total. The third kappa shape index (κ3) is 4.95. The van der Waals surface area contributed by atoms with Crippen molar-refractivity contribution >= 4 is 11.9 Å². The summed E-state index contributed by atoms with van der Waals surface area (Å²) in [6.07, 6.45) is 5.13. The van der Waals surface area contributed by atoms with Gasteiger partial charge >= 0.3 is 0 Å². The van der Waals surface area contributed by atoms with Crippen molar-refractivity contribution in [3.8, 4) is 5.75 Å². The quantitative estimate of drug-likeness (QED) is 0.443. The number of hydrogen-bond donors (Lipinski definition) is 1. The minimum absolute atomic E-state index is 0.247. The summed E-state index contributed by atoms with van der Waals surface area (Å²) in [5.41, 5.74) is 6.64. The Labute approximate surface area is 193 Å². The van der Waals surface area contributed by atoms with Crippen LogP contribution in [-0.4, -0.2) is 20.7 Å². The van der Waals surface area contributed by atoms with Crippen molar-refractivity contribution in [2.45, 2.75) is 39.3 Å². The van der Waals surface area contributed by atoms with Crippen LogP contribution in [-0.2, 0) is 26.0 Å². The van der Waals surface area contributed by atoms with Gasteiger partial charge in [0.25, 0.3) is 5.91 Å². The fourth-order valence-corrected chi connectivity index (χ4v) is 4.17. The van der Waals surface area contributed by atoms with Crippen LogP contribution in [0.5, 0.6) is 5.75 Å². The molecule has 1 heterocycles. The Morgan fingerprint density at radius 2 is 1.91 bits per heavy atom. The molecule has 1 amide bonds. The van der Waals surface area contributed by atoms with Gasteiger partial charge in [-0.3, -0.25) is 10.1 Å². The highest BCUT2D eigenvalue weighted by molar-refractivity contribution is 6.03. The van der Waals surface area contributed by atoms with Crippen LogP contribution in [0.25, 0.3) is 0 Å². The van der Waals surface area contributed by atoms with Crippen molar-refractivity contribution in [2.24, 2.45) is 0 Å². The molecule has 1 N–H and O–H groups in total. The molecule has 0 aliphatic heterocycles. The lowest BCUT2D eigenvalue weighted by Gasteiger charge is -2.09. The second-order valence-electron chi connectivity index (χ2n) is 8.42. The van der Waals surface area contributed by atoms with Crippen LogP contribution in [0.3, 0.4) is 0 Å². The number of benzene rings is 3. The number of anilines is 1. The van der Waals surface area contributed by atoms with Gasteiger partial charge in [0.05, 0.1) is 6.54 Å². The molecule has 0 saturated carbocycles. The summed E-state index contributed by atoms with van der Waals surface area (Å²) in [6.45, 7) is 3.07. The summed E-state index contributed by atoms with van der Waals surface area (Å²) < 4.78 is 7.70. The highest BCUT2D eigenvalue weighted by Crippen LogP contribution is 2.26. The molecule has 0 saturated heterocycles. The van der Waals surface area contributed by atoms with E-state index in [0.29, 0.717) is 18.7 Å². The number of amides is 1. The first-order valence-corrected chi connectivity index (χ1v) is 11.2. The highest BCUT2D eigenvalue weighted by Gasteiger charge is 2.13. The SMILES string of the molecule is Cc1ccccc1Cn1cnc(NC(=O)c2cccc(COc3ccc4c(c3)CCC4)c2)n1. The number of carbonyl (C=O) groups is 1. The van der Waals surface area contributed by atoms with Crippen molar-refractivity contribution in [1.29, 1.82) is 0 Å². The molecule has 0 bridgehead atoms. The van der Waals surface area contributed by atoms with Crippen molar-refractivity contribution in [2.75, 3.05) is 5.32 Å². The van der Waals surface area contributed by atoms with Gasteiger partial charge in [0.1, 0.15) is 18.7 Å². The maximum Gasteiger partial charge on any atom is 0.258 e.